The summed E-state index contributed by atoms with van der Waals surface area (Å²) in [7, 11) is 0. The van der Waals surface area contributed by atoms with Gasteiger partial charge in [-0.25, -0.2) is 4.79 Å². The van der Waals surface area contributed by atoms with E-state index >= 15 is 0 Å². The summed E-state index contributed by atoms with van der Waals surface area (Å²) >= 11 is 0. The molecule has 6 rings (SSSR count). The first-order valence-corrected chi connectivity index (χ1v) is 17.9. The Morgan fingerprint density at radius 1 is 1.13 bits per heavy atom. The van der Waals surface area contributed by atoms with Crippen molar-refractivity contribution in [1.82, 2.24) is 10.6 Å². The minimum atomic E-state index is -1.90. The van der Waals surface area contributed by atoms with Gasteiger partial charge in [0.25, 0.3) is 5.60 Å². The standard InChI is InChI=1S/C36H55N3O6/c1-3-38-30-18-25-9-5-4-8-24(25)17-26(30)21-44-34(43)36-33(42)29-11-7-6-10-28(29)32(41)35(36,45-36)19-27(20-40)22(2)12-13-23-14-15-39-31(37)16-23/h5,9,23-26,28-31,38-40H,3-4,6-8,10-21,37H2,1-2H3. The number of aliphatic hydroxyl groups excluding tert-OH is 1. The first-order chi connectivity index (χ1) is 21.7. The molecule has 0 radical (unpaired) electrons. The van der Waals surface area contributed by atoms with Crippen LogP contribution < -0.4 is 16.4 Å². The highest BCUT2D eigenvalue weighted by atomic mass is 16.7. The van der Waals surface area contributed by atoms with Gasteiger partial charge in [0.1, 0.15) is 0 Å². The summed E-state index contributed by atoms with van der Waals surface area (Å²) in [5, 5.41) is 17.4. The third-order valence-electron chi connectivity index (χ3n) is 12.3. The van der Waals surface area contributed by atoms with Crippen molar-refractivity contribution in [1.29, 1.82) is 0 Å². The third-order valence-corrected chi connectivity index (χ3v) is 12.3. The number of nitrogens with one attached hydrogen (secondary N) is 2. The van der Waals surface area contributed by atoms with E-state index in [1.165, 1.54) is 0 Å². The highest BCUT2D eigenvalue weighted by molar-refractivity contribution is 6.23. The number of nitrogens with two attached hydrogens (primary N) is 1. The Balaban J connectivity index is 1.21. The average Bonchev–Trinajstić information content (AvgIpc) is 3.75. The smallest absolute Gasteiger partial charge is 0.350 e. The van der Waals surface area contributed by atoms with E-state index in [9.17, 15) is 19.5 Å². The van der Waals surface area contributed by atoms with E-state index in [2.05, 4.69) is 29.7 Å². The van der Waals surface area contributed by atoms with Gasteiger partial charge in [0.2, 0.25) is 0 Å². The molecule has 250 valence electrons. The summed E-state index contributed by atoms with van der Waals surface area (Å²) in [6.07, 6.45) is 15.6. The lowest BCUT2D eigenvalue weighted by atomic mass is 9.60. The lowest BCUT2D eigenvalue weighted by Gasteiger charge is -2.42. The number of ketones is 2. The summed E-state index contributed by atoms with van der Waals surface area (Å²) in [6, 6.07) is 0.224. The van der Waals surface area contributed by atoms with E-state index in [4.69, 9.17) is 15.2 Å². The largest absolute Gasteiger partial charge is 0.463 e. The molecule has 0 bridgehead atoms. The summed E-state index contributed by atoms with van der Waals surface area (Å²) in [4.78, 5) is 42.6. The number of fused-ring (bicyclic) bond motifs is 3. The molecular formula is C36H55N3O6. The molecule has 0 aromatic carbocycles. The van der Waals surface area contributed by atoms with Crippen LogP contribution in [0.2, 0.25) is 0 Å². The molecule has 2 aliphatic heterocycles. The van der Waals surface area contributed by atoms with Crippen LogP contribution in [0.3, 0.4) is 0 Å². The van der Waals surface area contributed by atoms with E-state index in [0.29, 0.717) is 36.2 Å². The zero-order chi connectivity index (χ0) is 31.8. The number of carbonyl (C=O) groups is 3. The molecular weight excluding hydrogens is 570 g/mol. The number of hydrogen-bond donors (Lipinski definition) is 4. The number of hydrogen-bond acceptors (Lipinski definition) is 9. The Hall–Kier alpha value is -1.91. The van der Waals surface area contributed by atoms with Crippen molar-refractivity contribution >= 4 is 17.5 Å². The molecule has 9 heteroatoms. The lowest BCUT2D eigenvalue weighted by molar-refractivity contribution is -0.160. The number of rotatable bonds is 11. The Labute approximate surface area is 268 Å². The Bertz CT molecular complexity index is 1200. The van der Waals surface area contributed by atoms with Crippen LogP contribution in [-0.2, 0) is 23.9 Å². The van der Waals surface area contributed by atoms with Crippen LogP contribution in [-0.4, -0.2) is 72.4 Å². The Morgan fingerprint density at radius 2 is 1.91 bits per heavy atom. The van der Waals surface area contributed by atoms with Crippen LogP contribution >= 0.6 is 0 Å². The van der Waals surface area contributed by atoms with E-state index in [1.54, 1.807) is 0 Å². The maximum Gasteiger partial charge on any atom is 0.350 e. The number of piperidine rings is 1. The molecule has 0 amide bonds. The second-order valence-electron chi connectivity index (χ2n) is 15.0. The third kappa shape index (κ3) is 6.13. The number of carbonyl (C=O) groups excluding carboxylic acids is 3. The first-order valence-electron chi connectivity index (χ1n) is 17.9. The quantitative estimate of drug-likeness (QED) is 0.117. The van der Waals surface area contributed by atoms with E-state index in [0.717, 1.165) is 82.9 Å². The van der Waals surface area contributed by atoms with Crippen molar-refractivity contribution in [3.8, 4) is 0 Å². The van der Waals surface area contributed by atoms with Crippen LogP contribution in [0, 0.1) is 35.5 Å². The first kappa shape index (κ1) is 33.0. The highest BCUT2D eigenvalue weighted by Crippen LogP contribution is 2.62. The molecule has 10 atom stereocenters. The van der Waals surface area contributed by atoms with Gasteiger partial charge in [-0.3, -0.25) is 9.59 Å². The second kappa shape index (κ2) is 13.7. The molecule has 0 spiro atoms. The highest BCUT2D eigenvalue weighted by Gasteiger charge is 2.87. The Morgan fingerprint density at radius 3 is 2.64 bits per heavy atom. The lowest BCUT2D eigenvalue weighted by Crippen LogP contribution is -2.58. The van der Waals surface area contributed by atoms with Gasteiger partial charge in [-0.2, -0.15) is 0 Å². The number of esters is 1. The zero-order valence-electron chi connectivity index (χ0n) is 27.4. The number of ether oxygens (including phenoxy) is 2. The minimum absolute atomic E-state index is 0.00705. The molecule has 5 fully saturated rings. The van der Waals surface area contributed by atoms with Gasteiger partial charge in [0, 0.05) is 30.2 Å². The van der Waals surface area contributed by atoms with Crippen LogP contribution in [0.5, 0.6) is 0 Å². The molecule has 45 heavy (non-hydrogen) atoms. The molecule has 2 heterocycles. The topological polar surface area (TPSA) is 143 Å². The maximum absolute atomic E-state index is 14.3. The van der Waals surface area contributed by atoms with Crippen molar-refractivity contribution in [3.63, 3.8) is 0 Å². The predicted octanol–water partition coefficient (Wildman–Crippen LogP) is 3.73. The molecule has 0 aromatic rings. The molecule has 6 aliphatic rings. The van der Waals surface area contributed by atoms with Crippen LogP contribution in [0.15, 0.2) is 23.3 Å². The molecule has 0 aromatic heterocycles. The summed E-state index contributed by atoms with van der Waals surface area (Å²) in [5.74, 6) is -0.305. The van der Waals surface area contributed by atoms with Crippen LogP contribution in [0.25, 0.3) is 0 Å². The van der Waals surface area contributed by atoms with Crippen molar-refractivity contribution < 1.29 is 29.0 Å². The van der Waals surface area contributed by atoms with Crippen molar-refractivity contribution in [3.05, 3.63) is 23.3 Å². The van der Waals surface area contributed by atoms with Gasteiger partial charge < -0.3 is 30.9 Å². The molecule has 2 saturated heterocycles. The number of allylic oxidation sites excluding steroid dienone is 3. The molecule has 5 N–H and O–H groups in total. The van der Waals surface area contributed by atoms with Crippen molar-refractivity contribution in [2.75, 3.05) is 26.3 Å². The van der Waals surface area contributed by atoms with Crippen LogP contribution in [0.1, 0.15) is 97.3 Å². The molecule has 9 nitrogen and oxygen atoms in total. The average molecular weight is 626 g/mol. The minimum Gasteiger partial charge on any atom is -0.463 e. The summed E-state index contributed by atoms with van der Waals surface area (Å²) in [5.41, 5.74) is 4.32. The van der Waals surface area contributed by atoms with E-state index in [1.807, 2.05) is 6.92 Å². The van der Waals surface area contributed by atoms with E-state index in [-0.39, 0.29) is 49.3 Å². The fourth-order valence-corrected chi connectivity index (χ4v) is 9.65. The van der Waals surface area contributed by atoms with Gasteiger partial charge in [-0.15, -0.1) is 0 Å². The van der Waals surface area contributed by atoms with Gasteiger partial charge in [-0.1, -0.05) is 37.5 Å². The van der Waals surface area contributed by atoms with Crippen molar-refractivity contribution in [2.24, 2.45) is 41.2 Å². The SMILES string of the molecule is CCNC1CC2C=CCCC2CC1COC(=O)C12OC1(CC(CO)=C(C)CCC1CCNC(N)C1)C(=O)C1CCCCC1C2=O. The monoisotopic (exact) mass is 625 g/mol. The number of aliphatic hydroxyl groups is 1. The number of Topliss-reactive ketones (excluding diaryl/α,β-unsaturated/α-hetero) is 2. The van der Waals surface area contributed by atoms with Gasteiger partial charge in [0.05, 0.1) is 19.4 Å². The van der Waals surface area contributed by atoms with Crippen LogP contribution in [0.4, 0.5) is 0 Å². The van der Waals surface area contributed by atoms with Gasteiger partial charge in [0.15, 0.2) is 17.2 Å². The molecule has 10 unspecified atom stereocenters. The number of epoxide rings is 1. The fourth-order valence-electron chi connectivity index (χ4n) is 9.65. The fraction of sp³-hybridized carbons (Fsp3) is 0.806. The maximum atomic E-state index is 14.3. The van der Waals surface area contributed by atoms with Crippen molar-refractivity contribution in [2.45, 2.75) is 121 Å². The van der Waals surface area contributed by atoms with Gasteiger partial charge in [-0.05, 0) is 108 Å². The second-order valence-corrected chi connectivity index (χ2v) is 15.0. The summed E-state index contributed by atoms with van der Waals surface area (Å²) < 4.78 is 12.3. The molecule has 3 saturated carbocycles. The summed E-state index contributed by atoms with van der Waals surface area (Å²) in [6.45, 7) is 5.79. The molecule has 4 aliphatic carbocycles. The normalized spacial score (nSPS) is 41.4. The van der Waals surface area contributed by atoms with Gasteiger partial charge >= 0.3 is 5.97 Å². The Kier molecular flexibility index (Phi) is 10.0. The zero-order valence-corrected chi connectivity index (χ0v) is 27.4. The predicted molar refractivity (Wildman–Crippen MR) is 171 cm³/mol. The van der Waals surface area contributed by atoms with E-state index < -0.39 is 29.0 Å².